The molecule has 1 aliphatic rings. The van der Waals surface area contributed by atoms with Crippen LogP contribution in [0.15, 0.2) is 36.5 Å². The van der Waals surface area contributed by atoms with E-state index in [4.69, 9.17) is 4.74 Å². The summed E-state index contributed by atoms with van der Waals surface area (Å²) in [6.45, 7) is 5.77. The number of hydrogen-bond acceptors (Lipinski definition) is 4. The molecule has 2 heterocycles. The lowest BCUT2D eigenvalue weighted by molar-refractivity contribution is -0.127. The highest BCUT2D eigenvalue weighted by molar-refractivity contribution is 5.79. The quantitative estimate of drug-likeness (QED) is 0.928. The molecule has 1 amide bonds. The summed E-state index contributed by atoms with van der Waals surface area (Å²) < 4.78 is 7.55. The molecule has 1 N–H and O–H groups in total. The van der Waals surface area contributed by atoms with Crippen molar-refractivity contribution in [2.75, 3.05) is 6.61 Å². The fourth-order valence-electron chi connectivity index (χ4n) is 3.02. The van der Waals surface area contributed by atoms with Crippen LogP contribution in [0.25, 0.3) is 0 Å². The molecule has 0 radical (unpaired) electrons. The van der Waals surface area contributed by atoms with Crippen molar-refractivity contribution in [2.24, 2.45) is 11.8 Å². The second-order valence-electron chi connectivity index (χ2n) is 7.02. The first-order valence-electron chi connectivity index (χ1n) is 8.93. The summed E-state index contributed by atoms with van der Waals surface area (Å²) >= 11 is 0. The van der Waals surface area contributed by atoms with Crippen LogP contribution in [0.1, 0.15) is 31.5 Å². The number of aryl methyl sites for hydroxylation is 1. The van der Waals surface area contributed by atoms with Crippen LogP contribution in [0.5, 0.6) is 0 Å². The van der Waals surface area contributed by atoms with Gasteiger partial charge in [-0.25, -0.2) is 0 Å². The van der Waals surface area contributed by atoms with E-state index in [1.54, 1.807) is 4.68 Å². The van der Waals surface area contributed by atoms with Crippen molar-refractivity contribution in [3.05, 3.63) is 47.8 Å². The molecular weight excluding hydrogens is 316 g/mol. The molecule has 1 aliphatic heterocycles. The third-order valence-corrected chi connectivity index (χ3v) is 4.67. The molecule has 0 fully saturated rings. The van der Waals surface area contributed by atoms with Gasteiger partial charge < -0.3 is 10.1 Å². The number of nitrogens with one attached hydrogen (secondary N) is 1. The maximum absolute atomic E-state index is 12.9. The molecular formula is C19H26N4O2. The van der Waals surface area contributed by atoms with Gasteiger partial charge in [0.2, 0.25) is 5.91 Å². The van der Waals surface area contributed by atoms with E-state index in [-0.39, 0.29) is 17.9 Å². The number of fused-ring (bicyclic) bond motifs is 2. The fraction of sp³-hybridized carbons (Fsp3) is 0.526. The van der Waals surface area contributed by atoms with Crippen molar-refractivity contribution in [3.8, 4) is 0 Å². The minimum absolute atomic E-state index is 0.000227. The lowest BCUT2D eigenvalue weighted by atomic mass is 9.94. The molecule has 1 aromatic heterocycles. The summed E-state index contributed by atoms with van der Waals surface area (Å²) in [5.41, 5.74) is 2.00. The van der Waals surface area contributed by atoms with Crippen LogP contribution < -0.4 is 5.32 Å². The van der Waals surface area contributed by atoms with Gasteiger partial charge in [0.15, 0.2) is 0 Å². The Morgan fingerprint density at radius 2 is 2.12 bits per heavy atom. The first-order valence-corrected chi connectivity index (χ1v) is 8.93. The van der Waals surface area contributed by atoms with Gasteiger partial charge in [-0.1, -0.05) is 49.4 Å². The Morgan fingerprint density at radius 1 is 1.32 bits per heavy atom. The monoisotopic (exact) mass is 342 g/mol. The van der Waals surface area contributed by atoms with E-state index < -0.39 is 0 Å². The summed E-state index contributed by atoms with van der Waals surface area (Å²) in [7, 11) is 0. The average Bonchev–Trinajstić information content (AvgIpc) is 3.05. The lowest BCUT2D eigenvalue weighted by Crippen LogP contribution is -2.45. The molecule has 6 heteroatoms. The molecule has 2 aromatic rings. The van der Waals surface area contributed by atoms with E-state index in [9.17, 15) is 4.79 Å². The van der Waals surface area contributed by atoms with Crippen molar-refractivity contribution in [3.63, 3.8) is 0 Å². The minimum Gasteiger partial charge on any atom is -0.373 e. The predicted octanol–water partition coefficient (Wildman–Crippen LogP) is 2.20. The molecule has 0 aliphatic carbocycles. The Labute approximate surface area is 148 Å². The molecule has 0 spiro atoms. The maximum Gasteiger partial charge on any atom is 0.223 e. The van der Waals surface area contributed by atoms with Crippen LogP contribution in [0.2, 0.25) is 0 Å². The van der Waals surface area contributed by atoms with Crippen LogP contribution in [0.4, 0.5) is 0 Å². The number of benzene rings is 1. The van der Waals surface area contributed by atoms with Gasteiger partial charge in [-0.15, -0.1) is 5.10 Å². The minimum atomic E-state index is -0.101. The normalized spacial score (nSPS) is 22.1. The zero-order valence-corrected chi connectivity index (χ0v) is 14.9. The molecule has 0 unspecified atom stereocenters. The Morgan fingerprint density at radius 3 is 2.88 bits per heavy atom. The number of ether oxygens (including phenoxy) is 1. The van der Waals surface area contributed by atoms with Gasteiger partial charge in [0.05, 0.1) is 25.5 Å². The van der Waals surface area contributed by atoms with Gasteiger partial charge >= 0.3 is 0 Å². The van der Waals surface area contributed by atoms with Gasteiger partial charge in [0.25, 0.3) is 0 Å². The average molecular weight is 342 g/mol. The van der Waals surface area contributed by atoms with Crippen molar-refractivity contribution < 1.29 is 9.53 Å². The standard InChI is InChI=1S/C19H26N4O2/c1-14(2)18-13-25-12-17-11-23(22-21-17)9-8-16(19(24)20-18)10-15-6-4-3-5-7-15/h3-7,11,14,16,18H,8-10,12-13H2,1-2H3,(H,20,24)/t16-,18-/m0/s1. The molecule has 25 heavy (non-hydrogen) atoms. The zero-order chi connectivity index (χ0) is 17.6. The molecule has 6 nitrogen and oxygen atoms in total. The Bertz CT molecular complexity index is 684. The Hall–Kier alpha value is -2.21. The molecule has 0 saturated heterocycles. The maximum atomic E-state index is 12.9. The number of carbonyl (C=O) groups excluding carboxylic acids is 1. The fourth-order valence-corrected chi connectivity index (χ4v) is 3.02. The van der Waals surface area contributed by atoms with Crippen LogP contribution >= 0.6 is 0 Å². The van der Waals surface area contributed by atoms with E-state index in [0.717, 1.165) is 18.5 Å². The van der Waals surface area contributed by atoms with E-state index in [1.165, 1.54) is 5.56 Å². The van der Waals surface area contributed by atoms with Crippen molar-refractivity contribution in [1.82, 2.24) is 20.3 Å². The van der Waals surface area contributed by atoms with E-state index in [0.29, 0.717) is 25.7 Å². The summed E-state index contributed by atoms with van der Waals surface area (Å²) in [5.74, 6) is 0.294. The van der Waals surface area contributed by atoms with Crippen LogP contribution in [-0.4, -0.2) is 33.5 Å². The lowest BCUT2D eigenvalue weighted by Gasteiger charge is -2.25. The molecule has 0 saturated carbocycles. The number of amides is 1. The van der Waals surface area contributed by atoms with E-state index in [1.807, 2.05) is 24.4 Å². The first-order chi connectivity index (χ1) is 12.1. The highest BCUT2D eigenvalue weighted by atomic mass is 16.5. The topological polar surface area (TPSA) is 69.0 Å². The number of carbonyl (C=O) groups is 1. The number of aromatic nitrogens is 3. The van der Waals surface area contributed by atoms with Gasteiger partial charge in [-0.2, -0.15) is 0 Å². The smallest absolute Gasteiger partial charge is 0.223 e. The third-order valence-electron chi connectivity index (χ3n) is 4.67. The SMILES string of the molecule is CC(C)[C@@H]1COCc2cn(nn2)CC[C@@H](Cc2ccccc2)C(=O)N1. The van der Waals surface area contributed by atoms with Gasteiger partial charge in [0, 0.05) is 12.5 Å². The molecule has 2 bridgehead atoms. The summed E-state index contributed by atoms with van der Waals surface area (Å²) in [6.07, 6.45) is 3.36. The number of hydrogen-bond donors (Lipinski definition) is 1. The van der Waals surface area contributed by atoms with Crippen LogP contribution in [0.3, 0.4) is 0 Å². The summed E-state index contributed by atoms with van der Waals surface area (Å²) in [5, 5.41) is 11.5. The molecule has 3 rings (SSSR count). The third kappa shape index (κ3) is 4.89. The molecule has 2 atom stereocenters. The largest absolute Gasteiger partial charge is 0.373 e. The van der Waals surface area contributed by atoms with Gasteiger partial charge in [-0.05, 0) is 24.3 Å². The van der Waals surface area contributed by atoms with Gasteiger partial charge in [0.1, 0.15) is 5.69 Å². The zero-order valence-electron chi connectivity index (χ0n) is 14.9. The summed E-state index contributed by atoms with van der Waals surface area (Å²) in [4.78, 5) is 12.9. The van der Waals surface area contributed by atoms with Crippen molar-refractivity contribution in [1.29, 1.82) is 0 Å². The van der Waals surface area contributed by atoms with E-state index >= 15 is 0 Å². The van der Waals surface area contributed by atoms with E-state index in [2.05, 4.69) is 41.6 Å². The van der Waals surface area contributed by atoms with Crippen LogP contribution in [0, 0.1) is 11.8 Å². The first kappa shape index (κ1) is 17.6. The predicted molar refractivity (Wildman–Crippen MR) is 94.7 cm³/mol. The second-order valence-corrected chi connectivity index (χ2v) is 7.02. The van der Waals surface area contributed by atoms with Crippen molar-refractivity contribution >= 4 is 5.91 Å². The highest BCUT2D eigenvalue weighted by Gasteiger charge is 2.24. The second kappa shape index (κ2) is 8.25. The summed E-state index contributed by atoms with van der Waals surface area (Å²) in [6, 6.07) is 10.2. The number of rotatable bonds is 3. The van der Waals surface area contributed by atoms with Crippen molar-refractivity contribution in [2.45, 2.75) is 45.9 Å². The molecule has 1 aromatic carbocycles. The van der Waals surface area contributed by atoms with Crippen LogP contribution in [-0.2, 0) is 29.1 Å². The Kier molecular flexibility index (Phi) is 5.81. The molecule has 134 valence electrons. The Balaban J connectivity index is 1.79. The highest BCUT2D eigenvalue weighted by Crippen LogP contribution is 2.16. The van der Waals surface area contributed by atoms with Gasteiger partial charge in [-0.3, -0.25) is 9.48 Å². The number of nitrogens with zero attached hydrogens (tertiary/aromatic N) is 3.